The van der Waals surface area contributed by atoms with Crippen LogP contribution in [0.3, 0.4) is 0 Å². The molecule has 2 aromatic rings. The van der Waals surface area contributed by atoms with Crippen LogP contribution in [-0.4, -0.2) is 30.1 Å². The molecular formula is C24H30BrN3O4S. The van der Waals surface area contributed by atoms with E-state index in [1.807, 2.05) is 30.3 Å². The minimum atomic E-state index is -0.445. The Balaban J connectivity index is 1.80. The van der Waals surface area contributed by atoms with Crippen LogP contribution in [0, 0.1) is 0 Å². The molecule has 0 aliphatic heterocycles. The van der Waals surface area contributed by atoms with Crippen molar-refractivity contribution < 1.29 is 19.1 Å². The van der Waals surface area contributed by atoms with Gasteiger partial charge in [0.1, 0.15) is 11.5 Å². The average molecular weight is 536 g/mol. The zero-order valence-corrected chi connectivity index (χ0v) is 21.3. The zero-order valence-electron chi connectivity index (χ0n) is 18.9. The number of unbranched alkanes of at least 4 members (excludes halogenated alkanes) is 3. The molecule has 0 saturated carbocycles. The predicted octanol–water partition coefficient (Wildman–Crippen LogP) is 4.69. The molecule has 0 aromatic heterocycles. The highest BCUT2D eigenvalue weighted by atomic mass is 79.9. The van der Waals surface area contributed by atoms with Crippen molar-refractivity contribution in [3.63, 3.8) is 0 Å². The molecule has 2 amide bonds. The van der Waals surface area contributed by atoms with Gasteiger partial charge in [0.05, 0.1) is 12.2 Å². The normalized spacial score (nSPS) is 10.3. The van der Waals surface area contributed by atoms with Crippen molar-refractivity contribution >= 4 is 45.1 Å². The van der Waals surface area contributed by atoms with E-state index in [1.54, 1.807) is 12.1 Å². The third-order valence-electron chi connectivity index (χ3n) is 4.69. The standard InChI is InChI=1S/C24H30BrN3O4S/c1-3-5-6-7-14-31-21-13-10-18(25)15-20(21)23(30)26-24(33)28-27-22(29)16-32-19-11-8-17(4-2)9-12-19/h8-13,15H,3-7,14,16H2,1-2H3,(H,27,29)(H2,26,28,30,33). The van der Waals surface area contributed by atoms with E-state index in [-0.39, 0.29) is 11.7 Å². The number of halogens is 1. The lowest BCUT2D eigenvalue weighted by Gasteiger charge is -2.14. The van der Waals surface area contributed by atoms with Crippen LogP contribution < -0.4 is 25.6 Å². The van der Waals surface area contributed by atoms with Crippen LogP contribution in [-0.2, 0) is 11.2 Å². The lowest BCUT2D eigenvalue weighted by Crippen LogP contribution is -2.49. The topological polar surface area (TPSA) is 88.7 Å². The fourth-order valence-corrected chi connectivity index (χ4v) is 3.36. The van der Waals surface area contributed by atoms with Crippen LogP contribution in [0.15, 0.2) is 46.9 Å². The first kappa shape index (κ1) is 26.6. The van der Waals surface area contributed by atoms with Gasteiger partial charge in [0.2, 0.25) is 0 Å². The Bertz CT molecular complexity index is 938. The van der Waals surface area contributed by atoms with Gasteiger partial charge in [-0.05, 0) is 61.0 Å². The molecule has 0 spiro atoms. The van der Waals surface area contributed by atoms with Crippen molar-refractivity contribution in [3.05, 3.63) is 58.1 Å². The number of hydrogen-bond donors (Lipinski definition) is 3. The van der Waals surface area contributed by atoms with Gasteiger partial charge in [0.25, 0.3) is 11.8 Å². The van der Waals surface area contributed by atoms with Crippen molar-refractivity contribution in [2.45, 2.75) is 46.0 Å². The van der Waals surface area contributed by atoms with Gasteiger partial charge in [-0.25, -0.2) is 0 Å². The number of thiocarbonyl (C=S) groups is 1. The van der Waals surface area contributed by atoms with Crippen LogP contribution in [0.4, 0.5) is 0 Å². The van der Waals surface area contributed by atoms with E-state index in [0.29, 0.717) is 23.7 Å². The molecule has 0 aliphatic carbocycles. The molecule has 0 atom stereocenters. The van der Waals surface area contributed by atoms with Crippen LogP contribution in [0.5, 0.6) is 11.5 Å². The lowest BCUT2D eigenvalue weighted by molar-refractivity contribution is -0.123. The molecule has 7 nitrogen and oxygen atoms in total. The number of benzene rings is 2. The van der Waals surface area contributed by atoms with Gasteiger partial charge < -0.3 is 9.47 Å². The fourth-order valence-electron chi connectivity index (χ4n) is 2.85. The third-order valence-corrected chi connectivity index (χ3v) is 5.38. The largest absolute Gasteiger partial charge is 0.493 e. The molecule has 0 unspecified atom stereocenters. The SMILES string of the molecule is CCCCCCOc1ccc(Br)cc1C(=O)NC(=S)NNC(=O)COc1ccc(CC)cc1. The molecule has 2 rings (SSSR count). The molecule has 0 heterocycles. The lowest BCUT2D eigenvalue weighted by atomic mass is 10.2. The van der Waals surface area contributed by atoms with Crippen molar-refractivity contribution in [2.24, 2.45) is 0 Å². The van der Waals surface area contributed by atoms with Gasteiger partial charge in [-0.15, -0.1) is 0 Å². The van der Waals surface area contributed by atoms with E-state index in [4.69, 9.17) is 21.7 Å². The molecule has 0 fully saturated rings. The number of amides is 2. The molecule has 0 saturated heterocycles. The minimum Gasteiger partial charge on any atom is -0.493 e. The summed E-state index contributed by atoms with van der Waals surface area (Å²) in [5.41, 5.74) is 6.43. The van der Waals surface area contributed by atoms with Crippen LogP contribution >= 0.6 is 28.1 Å². The Kier molecular flexibility index (Phi) is 11.7. The molecule has 2 aromatic carbocycles. The van der Waals surface area contributed by atoms with E-state index >= 15 is 0 Å². The Morgan fingerprint density at radius 3 is 2.42 bits per heavy atom. The molecule has 3 N–H and O–H groups in total. The number of carbonyl (C=O) groups is 2. The Morgan fingerprint density at radius 1 is 0.970 bits per heavy atom. The first-order valence-corrected chi connectivity index (χ1v) is 12.2. The monoisotopic (exact) mass is 535 g/mol. The van der Waals surface area contributed by atoms with Gasteiger partial charge >= 0.3 is 0 Å². The summed E-state index contributed by atoms with van der Waals surface area (Å²) in [5, 5.41) is 2.49. The van der Waals surface area contributed by atoms with Crippen molar-refractivity contribution in [3.8, 4) is 11.5 Å². The van der Waals surface area contributed by atoms with E-state index in [1.165, 1.54) is 5.56 Å². The molecule has 33 heavy (non-hydrogen) atoms. The average Bonchev–Trinajstić information content (AvgIpc) is 2.82. The summed E-state index contributed by atoms with van der Waals surface area (Å²) in [4.78, 5) is 24.7. The van der Waals surface area contributed by atoms with Crippen LogP contribution in [0.25, 0.3) is 0 Å². The van der Waals surface area contributed by atoms with Crippen LogP contribution in [0.2, 0.25) is 0 Å². The van der Waals surface area contributed by atoms with E-state index < -0.39 is 11.8 Å². The molecule has 9 heteroatoms. The summed E-state index contributed by atoms with van der Waals surface area (Å²) in [6.45, 7) is 4.55. The number of carbonyl (C=O) groups excluding carboxylic acids is 2. The van der Waals surface area contributed by atoms with Crippen molar-refractivity contribution in [1.82, 2.24) is 16.2 Å². The number of rotatable bonds is 11. The molecule has 0 bridgehead atoms. The zero-order chi connectivity index (χ0) is 24.1. The van der Waals surface area contributed by atoms with E-state index in [0.717, 1.165) is 36.6 Å². The predicted molar refractivity (Wildman–Crippen MR) is 136 cm³/mol. The molecule has 178 valence electrons. The minimum absolute atomic E-state index is 0.0467. The maximum Gasteiger partial charge on any atom is 0.276 e. The second kappa shape index (κ2) is 14.5. The number of hydrazine groups is 1. The summed E-state index contributed by atoms with van der Waals surface area (Å²) < 4.78 is 12.0. The van der Waals surface area contributed by atoms with Gasteiger partial charge in [-0.3, -0.25) is 25.8 Å². The van der Waals surface area contributed by atoms with Crippen molar-refractivity contribution in [2.75, 3.05) is 13.2 Å². The second-order valence-corrected chi connectivity index (χ2v) is 8.62. The molecule has 0 aliphatic rings. The summed E-state index contributed by atoms with van der Waals surface area (Å²) in [7, 11) is 0. The highest BCUT2D eigenvalue weighted by Crippen LogP contribution is 2.23. The summed E-state index contributed by atoms with van der Waals surface area (Å²) in [5.74, 6) is 0.181. The maximum absolute atomic E-state index is 12.7. The summed E-state index contributed by atoms with van der Waals surface area (Å²) in [6, 6.07) is 12.7. The summed E-state index contributed by atoms with van der Waals surface area (Å²) >= 11 is 8.49. The maximum atomic E-state index is 12.7. The third kappa shape index (κ3) is 9.79. The van der Waals surface area contributed by atoms with E-state index in [9.17, 15) is 9.59 Å². The highest BCUT2D eigenvalue weighted by molar-refractivity contribution is 9.10. The van der Waals surface area contributed by atoms with Gasteiger partial charge in [0, 0.05) is 4.47 Å². The first-order valence-electron chi connectivity index (χ1n) is 11.0. The van der Waals surface area contributed by atoms with Gasteiger partial charge in [-0.1, -0.05) is 61.2 Å². The van der Waals surface area contributed by atoms with E-state index in [2.05, 4.69) is 45.9 Å². The number of ether oxygens (including phenoxy) is 2. The Hall–Kier alpha value is -2.65. The Labute approximate surface area is 208 Å². The summed E-state index contributed by atoms with van der Waals surface area (Å²) in [6.07, 6.45) is 5.22. The van der Waals surface area contributed by atoms with Gasteiger partial charge in [-0.2, -0.15) is 0 Å². The Morgan fingerprint density at radius 2 is 1.73 bits per heavy atom. The second-order valence-electron chi connectivity index (χ2n) is 7.29. The first-order chi connectivity index (χ1) is 15.9. The molecular weight excluding hydrogens is 506 g/mol. The van der Waals surface area contributed by atoms with Gasteiger partial charge in [0.15, 0.2) is 11.7 Å². The fraction of sp³-hybridized carbons (Fsp3) is 0.375. The highest BCUT2D eigenvalue weighted by Gasteiger charge is 2.15. The van der Waals surface area contributed by atoms with Crippen LogP contribution in [0.1, 0.15) is 55.5 Å². The quantitative estimate of drug-likeness (QED) is 0.220. The number of aryl methyl sites for hydroxylation is 1. The molecule has 0 radical (unpaired) electrons. The number of hydrogen-bond acceptors (Lipinski definition) is 5. The van der Waals surface area contributed by atoms with Crippen molar-refractivity contribution in [1.29, 1.82) is 0 Å². The number of nitrogens with one attached hydrogen (secondary N) is 3. The smallest absolute Gasteiger partial charge is 0.276 e.